The summed E-state index contributed by atoms with van der Waals surface area (Å²) >= 11 is 0. The molecule has 2 atom stereocenters. The Morgan fingerprint density at radius 3 is 2.24 bits per heavy atom. The van der Waals surface area contributed by atoms with Crippen LogP contribution in [0.2, 0.25) is 0 Å². The van der Waals surface area contributed by atoms with Crippen LogP contribution in [-0.4, -0.2) is 39.4 Å². The molecule has 21 heavy (non-hydrogen) atoms. The van der Waals surface area contributed by atoms with E-state index in [0.717, 1.165) is 25.7 Å². The summed E-state index contributed by atoms with van der Waals surface area (Å²) in [6.07, 6.45) is 5.44. The van der Waals surface area contributed by atoms with Crippen molar-refractivity contribution in [3.63, 3.8) is 0 Å². The van der Waals surface area contributed by atoms with Gasteiger partial charge in [-0.3, -0.25) is 14.2 Å². The molecule has 1 aliphatic carbocycles. The van der Waals surface area contributed by atoms with Gasteiger partial charge in [-0.25, -0.2) is 0 Å². The van der Waals surface area contributed by atoms with Gasteiger partial charge in [0, 0.05) is 18.7 Å². The molecular weight excluding hydrogens is 295 g/mol. The van der Waals surface area contributed by atoms with Gasteiger partial charge < -0.3 is 15.1 Å². The van der Waals surface area contributed by atoms with E-state index in [1.807, 2.05) is 0 Å². The molecule has 0 heterocycles. The summed E-state index contributed by atoms with van der Waals surface area (Å²) in [5.74, 6) is -2.71. The number of aliphatic carboxylic acids is 2. The summed E-state index contributed by atoms with van der Waals surface area (Å²) in [6, 6.07) is 0. The zero-order chi connectivity index (χ0) is 15.9. The van der Waals surface area contributed by atoms with E-state index < -0.39 is 25.2 Å². The highest BCUT2D eigenvalue weighted by molar-refractivity contribution is 7.58. The van der Waals surface area contributed by atoms with E-state index in [-0.39, 0.29) is 37.5 Å². The van der Waals surface area contributed by atoms with Crippen molar-refractivity contribution < 1.29 is 29.3 Å². The average Bonchev–Trinajstić information content (AvgIpc) is 2.38. The van der Waals surface area contributed by atoms with Gasteiger partial charge in [0.15, 0.2) is 0 Å². The molecule has 0 aromatic carbocycles. The first-order chi connectivity index (χ1) is 9.80. The van der Waals surface area contributed by atoms with Crippen molar-refractivity contribution in [3.05, 3.63) is 0 Å². The van der Waals surface area contributed by atoms with Crippen LogP contribution in [0.25, 0.3) is 0 Å². The molecule has 0 bridgehead atoms. The van der Waals surface area contributed by atoms with Gasteiger partial charge in [-0.15, -0.1) is 0 Å². The molecule has 0 aliphatic heterocycles. The molecule has 0 aromatic heterocycles. The lowest BCUT2D eigenvalue weighted by atomic mass is 9.91. The largest absolute Gasteiger partial charge is 0.481 e. The Kier molecular flexibility index (Phi) is 7.40. The lowest BCUT2D eigenvalue weighted by Crippen LogP contribution is -2.18. The van der Waals surface area contributed by atoms with E-state index in [2.05, 4.69) is 0 Å². The van der Waals surface area contributed by atoms with E-state index in [0.29, 0.717) is 0 Å². The third-order valence-corrected chi connectivity index (χ3v) is 6.20. The molecule has 3 N–H and O–H groups in total. The highest BCUT2D eigenvalue weighted by atomic mass is 31.2. The summed E-state index contributed by atoms with van der Waals surface area (Å²) < 4.78 is 12.2. The predicted octanol–water partition coefficient (Wildman–Crippen LogP) is 2.79. The van der Waals surface area contributed by atoms with Crippen molar-refractivity contribution >= 4 is 19.3 Å². The first-order valence-electron chi connectivity index (χ1n) is 7.55. The maximum absolute atomic E-state index is 12.2. The van der Waals surface area contributed by atoms with Crippen molar-refractivity contribution in [2.45, 2.75) is 51.4 Å². The maximum Gasteiger partial charge on any atom is 0.306 e. The molecule has 1 saturated carbocycles. The summed E-state index contributed by atoms with van der Waals surface area (Å²) in [5.41, 5.74) is 0. The lowest BCUT2D eigenvalue weighted by molar-refractivity contribution is -0.143. The molecule has 0 radical (unpaired) electrons. The zero-order valence-electron chi connectivity index (χ0n) is 12.2. The Balaban J connectivity index is 2.42. The van der Waals surface area contributed by atoms with Crippen LogP contribution in [0.15, 0.2) is 0 Å². The quantitative estimate of drug-likeness (QED) is 0.563. The summed E-state index contributed by atoms with van der Waals surface area (Å²) in [7, 11) is -3.31. The van der Waals surface area contributed by atoms with Crippen LogP contribution in [0, 0.1) is 11.8 Å². The third-order valence-electron chi connectivity index (χ3n) is 4.15. The first-order valence-corrected chi connectivity index (χ1v) is 9.58. The Bertz CT molecular complexity index is 402. The van der Waals surface area contributed by atoms with E-state index in [4.69, 9.17) is 10.2 Å². The predicted molar refractivity (Wildman–Crippen MR) is 78.7 cm³/mol. The Hall–Kier alpha value is -0.870. The number of rotatable bonds is 9. The molecule has 1 fully saturated rings. The first kappa shape index (κ1) is 18.2. The van der Waals surface area contributed by atoms with Crippen LogP contribution in [0.5, 0.6) is 0 Å². The van der Waals surface area contributed by atoms with E-state index in [1.165, 1.54) is 6.42 Å². The highest BCUT2D eigenvalue weighted by Crippen LogP contribution is 2.46. The van der Waals surface area contributed by atoms with Gasteiger partial charge in [0.25, 0.3) is 0 Å². The highest BCUT2D eigenvalue weighted by Gasteiger charge is 2.28. The number of hydrogen-bond acceptors (Lipinski definition) is 3. The summed E-state index contributed by atoms with van der Waals surface area (Å²) in [4.78, 5) is 31.6. The molecular formula is C14H25O6P. The van der Waals surface area contributed by atoms with Crippen LogP contribution in [0.1, 0.15) is 51.4 Å². The second kappa shape index (κ2) is 8.54. The number of hydrogen-bond donors (Lipinski definition) is 3. The Morgan fingerprint density at radius 2 is 1.71 bits per heavy atom. The topological polar surface area (TPSA) is 112 Å². The minimum absolute atomic E-state index is 0.00803. The molecule has 7 heteroatoms. The van der Waals surface area contributed by atoms with Gasteiger partial charge in [-0.1, -0.05) is 19.3 Å². The van der Waals surface area contributed by atoms with Crippen LogP contribution >= 0.6 is 7.37 Å². The second-order valence-corrected chi connectivity index (χ2v) is 8.52. The Labute approximate surface area is 125 Å². The van der Waals surface area contributed by atoms with Crippen LogP contribution < -0.4 is 0 Å². The number of carbonyl (C=O) groups is 2. The monoisotopic (exact) mass is 320 g/mol. The van der Waals surface area contributed by atoms with Crippen LogP contribution in [-0.2, 0) is 14.2 Å². The molecule has 122 valence electrons. The fraction of sp³-hybridized carbons (Fsp3) is 0.857. The molecule has 0 saturated heterocycles. The maximum atomic E-state index is 12.2. The van der Waals surface area contributed by atoms with Crippen molar-refractivity contribution in [3.8, 4) is 0 Å². The average molecular weight is 320 g/mol. The van der Waals surface area contributed by atoms with E-state index in [1.54, 1.807) is 0 Å². The molecule has 0 aromatic rings. The third kappa shape index (κ3) is 7.63. The fourth-order valence-electron chi connectivity index (χ4n) is 2.91. The smallest absolute Gasteiger partial charge is 0.306 e. The second-order valence-electron chi connectivity index (χ2n) is 6.01. The summed E-state index contributed by atoms with van der Waals surface area (Å²) in [6.45, 7) is 0. The Morgan fingerprint density at radius 1 is 1.10 bits per heavy atom. The van der Waals surface area contributed by atoms with Crippen molar-refractivity contribution in [2.24, 2.45) is 11.8 Å². The van der Waals surface area contributed by atoms with Crippen LogP contribution in [0.3, 0.4) is 0 Å². The van der Waals surface area contributed by atoms with Crippen LogP contribution in [0.4, 0.5) is 0 Å². The zero-order valence-corrected chi connectivity index (χ0v) is 13.1. The molecule has 0 spiro atoms. The van der Waals surface area contributed by atoms with Crippen molar-refractivity contribution in [1.82, 2.24) is 0 Å². The lowest BCUT2D eigenvalue weighted by Gasteiger charge is -2.24. The number of carboxylic acids is 2. The van der Waals surface area contributed by atoms with E-state index >= 15 is 0 Å². The SMILES string of the molecule is O=C(O)CCC(CCP(=O)(O)CC1CCCCC1)C(=O)O. The van der Waals surface area contributed by atoms with Gasteiger partial charge in [0.1, 0.15) is 0 Å². The molecule has 1 rings (SSSR count). The van der Waals surface area contributed by atoms with Crippen molar-refractivity contribution in [1.29, 1.82) is 0 Å². The number of carboxylic acid groups (broad SMARTS) is 2. The molecule has 0 amide bonds. The minimum atomic E-state index is -3.31. The van der Waals surface area contributed by atoms with E-state index in [9.17, 15) is 19.0 Å². The summed E-state index contributed by atoms with van der Waals surface area (Å²) in [5, 5.41) is 17.6. The van der Waals surface area contributed by atoms with Gasteiger partial charge in [0.05, 0.1) is 5.92 Å². The standard InChI is InChI=1S/C14H25O6P/c15-13(16)7-6-12(14(17)18)8-9-21(19,20)10-11-4-2-1-3-5-11/h11-12H,1-10H2,(H,15,16)(H,17,18)(H,19,20). The van der Waals surface area contributed by atoms with Crippen molar-refractivity contribution in [2.75, 3.05) is 12.3 Å². The fourth-order valence-corrected chi connectivity index (χ4v) is 4.98. The molecule has 6 nitrogen and oxygen atoms in total. The van der Waals surface area contributed by atoms with Gasteiger partial charge in [0.2, 0.25) is 7.37 Å². The normalized spacial score (nSPS) is 20.6. The molecule has 2 unspecified atom stereocenters. The van der Waals surface area contributed by atoms with Gasteiger partial charge in [-0.05, 0) is 31.6 Å². The molecule has 1 aliphatic rings. The van der Waals surface area contributed by atoms with Gasteiger partial charge >= 0.3 is 11.9 Å². The minimum Gasteiger partial charge on any atom is -0.481 e. The van der Waals surface area contributed by atoms with Gasteiger partial charge in [-0.2, -0.15) is 0 Å².